The van der Waals surface area contributed by atoms with Crippen LogP contribution in [-0.4, -0.2) is 68.3 Å². The number of fused-ring (bicyclic) bond motifs is 2. The lowest BCUT2D eigenvalue weighted by molar-refractivity contribution is -0.169. The summed E-state index contributed by atoms with van der Waals surface area (Å²) < 4.78 is 40.8. The second kappa shape index (κ2) is 12.1. The number of primary amides is 1. The maximum atomic E-state index is 12.2. The largest absolute Gasteiger partial charge is 0.470 e. The number of aromatic nitrogens is 3. The third kappa shape index (κ3) is 7.47. The average molecular weight is 596 g/mol. The number of rotatable bonds is 7. The van der Waals surface area contributed by atoms with Crippen molar-refractivity contribution in [1.82, 2.24) is 24.4 Å². The summed E-state index contributed by atoms with van der Waals surface area (Å²) in [5, 5.41) is 15.2. The number of nitrogens with zero attached hydrogens (tertiary/aromatic N) is 5. The minimum atomic E-state index is -4.86. The van der Waals surface area contributed by atoms with Gasteiger partial charge in [-0.05, 0) is 43.9 Å². The molecule has 42 heavy (non-hydrogen) atoms. The Morgan fingerprint density at radius 2 is 1.83 bits per heavy atom. The van der Waals surface area contributed by atoms with Crippen LogP contribution >= 0.6 is 0 Å². The van der Waals surface area contributed by atoms with Crippen LogP contribution in [0.4, 0.5) is 13.2 Å². The Labute approximate surface area is 240 Å². The van der Waals surface area contributed by atoms with E-state index in [-0.39, 0.29) is 28.7 Å². The van der Waals surface area contributed by atoms with E-state index >= 15 is 0 Å². The molecule has 3 heterocycles. The molecule has 0 radical (unpaired) electrons. The van der Waals surface area contributed by atoms with Crippen LogP contribution in [0.3, 0.4) is 0 Å². The van der Waals surface area contributed by atoms with E-state index < -0.39 is 18.1 Å². The lowest BCUT2D eigenvalue weighted by Gasteiger charge is -2.25. The first kappa shape index (κ1) is 32.6. The molecule has 5 rings (SSSR count). The van der Waals surface area contributed by atoms with Gasteiger partial charge in [0.15, 0.2) is 0 Å². The van der Waals surface area contributed by atoms with Crippen molar-refractivity contribution in [2.45, 2.75) is 70.9 Å². The highest BCUT2D eigenvalue weighted by molar-refractivity contribution is 5.79. The van der Waals surface area contributed by atoms with E-state index in [1.165, 1.54) is 15.3 Å². The number of aryl methyl sites for hydroxylation is 1. The quantitative estimate of drug-likeness (QED) is 0.461. The third-order valence-electron chi connectivity index (χ3n) is 8.11. The Kier molecular flexibility index (Phi) is 9.41. The fourth-order valence-corrected chi connectivity index (χ4v) is 5.12. The lowest BCUT2D eigenvalue weighted by Crippen LogP contribution is -2.35. The number of amides is 3. The molecule has 3 amide bonds. The molecule has 2 aromatic heterocycles. The molecule has 4 atom stereocenters. The Bertz CT molecular complexity index is 1410. The van der Waals surface area contributed by atoms with E-state index in [4.69, 9.17) is 14.8 Å². The zero-order valence-electron chi connectivity index (χ0n) is 24.1. The van der Waals surface area contributed by atoms with Crippen LogP contribution in [0, 0.1) is 28.6 Å². The number of nitrogens with one attached hydrogen (secondary N) is 1. The summed E-state index contributed by atoms with van der Waals surface area (Å²) in [6.07, 6.45) is 3.05. The predicted octanol–water partition coefficient (Wildman–Crippen LogP) is 1.83. The molecule has 1 saturated heterocycles. The number of likely N-dealkylation sites (tertiary alicyclic amines) is 1. The van der Waals surface area contributed by atoms with Gasteiger partial charge < -0.3 is 25.3 Å². The fourth-order valence-electron chi connectivity index (χ4n) is 5.12. The van der Waals surface area contributed by atoms with E-state index in [0.29, 0.717) is 23.8 Å². The van der Waals surface area contributed by atoms with Crippen LogP contribution in [-0.2, 0) is 26.2 Å². The highest BCUT2D eigenvalue weighted by Gasteiger charge is 2.62. The molecular weight excluding hydrogens is 559 g/mol. The number of ether oxygens (including phenoxy) is 1. The molecule has 3 unspecified atom stereocenters. The van der Waals surface area contributed by atoms with Gasteiger partial charge in [-0.2, -0.15) is 23.5 Å². The average Bonchev–Trinajstić information content (AvgIpc) is 3.50. The standard InChI is InChI=1S/C15H25NO2.C10H9N5O2.C2H2F3NO/c1-10(18-15(4)5-6-15)7-13(17)16-8-11-12(9-16)14(11,2)3;1-14-2-3-15-9(10(14)17)7(5-13-15)8(4-11)12-6-16;3-2(4,5)1(6)7/h10-12H,5-9H2,1-4H3;2-3,5-6,8H,1H3,(H,12,16);(H2,6,7)/t10-,11?,12?;;/m1../s1. The molecule has 0 aromatic carbocycles. The van der Waals surface area contributed by atoms with Crippen molar-refractivity contribution < 1.29 is 32.3 Å². The van der Waals surface area contributed by atoms with Crippen LogP contribution in [0.15, 0.2) is 23.4 Å². The molecule has 0 bridgehead atoms. The van der Waals surface area contributed by atoms with Crippen molar-refractivity contribution in [2.24, 2.45) is 30.0 Å². The van der Waals surface area contributed by atoms with Crippen LogP contribution in [0.5, 0.6) is 0 Å². The molecular formula is C27H36F3N7O5. The highest BCUT2D eigenvalue weighted by atomic mass is 19.4. The third-order valence-corrected chi connectivity index (χ3v) is 8.11. The smallest absolute Gasteiger partial charge is 0.372 e. The summed E-state index contributed by atoms with van der Waals surface area (Å²) in [5.74, 6) is -0.473. The number of hydrogen-bond acceptors (Lipinski definition) is 7. The van der Waals surface area contributed by atoms with E-state index in [0.717, 1.165) is 37.8 Å². The van der Waals surface area contributed by atoms with Gasteiger partial charge in [0, 0.05) is 38.1 Å². The number of nitrogens with two attached hydrogens (primary N) is 1. The van der Waals surface area contributed by atoms with Crippen molar-refractivity contribution >= 4 is 23.7 Å². The molecule has 2 aromatic rings. The number of hydrogen-bond donors (Lipinski definition) is 2. The monoisotopic (exact) mass is 595 g/mol. The van der Waals surface area contributed by atoms with Gasteiger partial charge in [-0.25, -0.2) is 4.52 Å². The SMILES string of the molecule is C[C@H](CC(=O)N1CC2C(C1)C2(C)C)OC1(C)CC1.Cn1ccn2ncc(C(C#N)NC=O)c2c1=O.NC(=O)C(F)(F)F. The Hall–Kier alpha value is -3.93. The van der Waals surface area contributed by atoms with Crippen molar-refractivity contribution in [3.05, 3.63) is 34.5 Å². The predicted molar refractivity (Wildman–Crippen MR) is 143 cm³/mol. The van der Waals surface area contributed by atoms with Crippen molar-refractivity contribution in [3.8, 4) is 6.07 Å². The number of carbonyl (C=O) groups excluding carboxylic acids is 3. The van der Waals surface area contributed by atoms with E-state index in [1.54, 1.807) is 19.4 Å². The zero-order chi connectivity index (χ0) is 31.6. The summed E-state index contributed by atoms with van der Waals surface area (Å²) in [5.41, 5.74) is 4.78. The minimum Gasteiger partial charge on any atom is -0.372 e. The van der Waals surface area contributed by atoms with Crippen LogP contribution in [0.2, 0.25) is 0 Å². The molecule has 1 aliphatic heterocycles. The molecule has 3 fully saturated rings. The van der Waals surface area contributed by atoms with Crippen LogP contribution in [0.25, 0.3) is 5.52 Å². The first-order valence-corrected chi connectivity index (χ1v) is 13.4. The number of nitriles is 1. The normalized spacial score (nSPS) is 22.2. The van der Waals surface area contributed by atoms with Gasteiger partial charge in [-0.1, -0.05) is 13.8 Å². The number of alkyl halides is 3. The summed E-state index contributed by atoms with van der Waals surface area (Å²) >= 11 is 0. The zero-order valence-corrected chi connectivity index (χ0v) is 24.1. The number of carbonyl (C=O) groups is 3. The van der Waals surface area contributed by atoms with Gasteiger partial charge in [0.05, 0.1) is 30.4 Å². The fraction of sp³-hybridized carbons (Fsp3) is 0.630. The molecule has 3 N–H and O–H groups in total. The lowest BCUT2D eigenvalue weighted by atomic mass is 10.1. The Morgan fingerprint density at radius 1 is 1.26 bits per heavy atom. The first-order valence-electron chi connectivity index (χ1n) is 13.4. The highest BCUT2D eigenvalue weighted by Crippen LogP contribution is 2.62. The maximum Gasteiger partial charge on any atom is 0.470 e. The molecule has 2 aliphatic carbocycles. The number of halogens is 3. The maximum absolute atomic E-state index is 12.2. The van der Waals surface area contributed by atoms with Crippen molar-refractivity contribution in [2.75, 3.05) is 13.1 Å². The van der Waals surface area contributed by atoms with E-state index in [1.807, 2.05) is 13.0 Å². The molecule has 12 nitrogen and oxygen atoms in total. The van der Waals surface area contributed by atoms with Gasteiger partial charge in [0.25, 0.3) is 5.56 Å². The second-order valence-electron chi connectivity index (χ2n) is 11.7. The van der Waals surface area contributed by atoms with E-state index in [2.05, 4.69) is 41.8 Å². The Balaban J connectivity index is 0.000000190. The minimum absolute atomic E-state index is 0.0648. The molecule has 3 aliphatic rings. The van der Waals surface area contributed by atoms with Crippen molar-refractivity contribution in [1.29, 1.82) is 5.26 Å². The van der Waals surface area contributed by atoms with E-state index in [9.17, 15) is 27.6 Å². The molecule has 15 heteroatoms. The molecule has 0 spiro atoms. The summed E-state index contributed by atoms with van der Waals surface area (Å²) in [6.45, 7) is 10.8. The van der Waals surface area contributed by atoms with Gasteiger partial charge in [0.2, 0.25) is 12.3 Å². The van der Waals surface area contributed by atoms with Crippen LogP contribution < -0.4 is 16.6 Å². The van der Waals surface area contributed by atoms with Crippen molar-refractivity contribution in [3.63, 3.8) is 0 Å². The van der Waals surface area contributed by atoms with Gasteiger partial charge >= 0.3 is 12.1 Å². The summed E-state index contributed by atoms with van der Waals surface area (Å²) in [7, 11) is 1.60. The Morgan fingerprint density at radius 3 is 2.31 bits per heavy atom. The summed E-state index contributed by atoms with van der Waals surface area (Å²) in [4.78, 5) is 45.7. The van der Waals surface area contributed by atoms with Gasteiger partial charge in [-0.3, -0.25) is 19.2 Å². The number of piperidine rings is 1. The van der Waals surface area contributed by atoms with Gasteiger partial charge in [-0.15, -0.1) is 0 Å². The summed E-state index contributed by atoms with van der Waals surface area (Å²) in [6, 6.07) is 1.03. The second-order valence-corrected chi connectivity index (χ2v) is 11.7. The van der Waals surface area contributed by atoms with Gasteiger partial charge in [0.1, 0.15) is 11.6 Å². The first-order chi connectivity index (χ1) is 19.4. The molecule has 230 valence electrons. The van der Waals surface area contributed by atoms with Crippen LogP contribution in [0.1, 0.15) is 58.6 Å². The molecule has 2 saturated carbocycles. The topological polar surface area (TPSA) is 165 Å².